The maximum Gasteiger partial charge on any atom is 0.323 e. The smallest absolute Gasteiger partial charge is 0.323 e. The molecule has 0 aromatic carbocycles. The van der Waals surface area contributed by atoms with Crippen LogP contribution in [-0.4, -0.2) is 34.7 Å². The maximum absolute atomic E-state index is 11.1. The first-order chi connectivity index (χ1) is 9.12. The molecule has 0 spiro atoms. The molecular formula is C13H23N3O2S. The number of nitrogens with two attached hydrogens (primary N) is 1. The maximum atomic E-state index is 11.1. The van der Waals surface area contributed by atoms with Gasteiger partial charge in [-0.15, -0.1) is 0 Å². The Kier molecular flexibility index (Phi) is 6.94. The molecule has 0 aliphatic carbocycles. The van der Waals surface area contributed by atoms with E-state index in [0.717, 1.165) is 24.3 Å². The molecule has 0 bridgehead atoms. The van der Waals surface area contributed by atoms with E-state index >= 15 is 0 Å². The first kappa shape index (κ1) is 16.0. The molecule has 0 saturated heterocycles. The summed E-state index contributed by atoms with van der Waals surface area (Å²) in [5.74, 6) is 0.942. The Labute approximate surface area is 118 Å². The summed E-state index contributed by atoms with van der Waals surface area (Å²) in [6.07, 6.45) is 4.18. The summed E-state index contributed by atoms with van der Waals surface area (Å²) in [5, 5.41) is 4.55. The Morgan fingerprint density at radius 3 is 2.79 bits per heavy atom. The third-order valence-electron chi connectivity index (χ3n) is 3.03. The summed E-state index contributed by atoms with van der Waals surface area (Å²) in [7, 11) is 1.35. The van der Waals surface area contributed by atoms with Crippen LogP contribution in [0.2, 0.25) is 0 Å². The van der Waals surface area contributed by atoms with Crippen LogP contribution in [0, 0.1) is 0 Å². The molecular weight excluding hydrogens is 262 g/mol. The van der Waals surface area contributed by atoms with E-state index in [2.05, 4.69) is 23.7 Å². The second-order valence-electron chi connectivity index (χ2n) is 4.40. The van der Waals surface area contributed by atoms with E-state index in [1.54, 1.807) is 11.8 Å². The van der Waals surface area contributed by atoms with Gasteiger partial charge in [0.2, 0.25) is 0 Å². The van der Waals surface area contributed by atoms with Gasteiger partial charge in [0.15, 0.2) is 0 Å². The number of hydrogen-bond donors (Lipinski definition) is 1. The van der Waals surface area contributed by atoms with Crippen LogP contribution >= 0.6 is 11.8 Å². The molecule has 108 valence electrons. The lowest BCUT2D eigenvalue weighted by molar-refractivity contribution is -0.141. The third-order valence-corrected chi connectivity index (χ3v) is 4.13. The first-order valence-corrected chi connectivity index (χ1v) is 7.73. The molecule has 6 heteroatoms. The minimum Gasteiger partial charge on any atom is -0.468 e. The van der Waals surface area contributed by atoms with Crippen molar-refractivity contribution in [3.63, 3.8) is 0 Å². The lowest BCUT2D eigenvalue weighted by Crippen LogP contribution is -2.33. The number of aromatic nitrogens is 2. The minimum absolute atomic E-state index is 0.366. The van der Waals surface area contributed by atoms with Gasteiger partial charge in [0.25, 0.3) is 0 Å². The number of methoxy groups -OCH3 is 1. The molecule has 1 rings (SSSR count). The number of hydrogen-bond acceptors (Lipinski definition) is 5. The average Bonchev–Trinajstić information content (AvgIpc) is 2.88. The van der Waals surface area contributed by atoms with Crippen molar-refractivity contribution in [2.45, 2.75) is 44.5 Å². The second kappa shape index (κ2) is 8.22. The van der Waals surface area contributed by atoms with Gasteiger partial charge in [-0.05, 0) is 18.9 Å². The van der Waals surface area contributed by atoms with Crippen LogP contribution in [0.4, 0.5) is 0 Å². The molecule has 19 heavy (non-hydrogen) atoms. The Bertz CT molecular complexity index is 391. The molecule has 1 aromatic heterocycles. The molecule has 0 radical (unpaired) electrons. The number of thioether (sulfide) groups is 1. The van der Waals surface area contributed by atoms with E-state index in [9.17, 15) is 4.79 Å². The van der Waals surface area contributed by atoms with Crippen LogP contribution in [0.1, 0.15) is 38.4 Å². The Morgan fingerprint density at radius 2 is 2.21 bits per heavy atom. The number of nitrogens with zero attached hydrogens (tertiary/aromatic N) is 2. The van der Waals surface area contributed by atoms with Crippen LogP contribution in [0.25, 0.3) is 0 Å². The predicted octanol–water partition coefficient (Wildman–Crippen LogP) is 1.98. The van der Waals surface area contributed by atoms with Gasteiger partial charge in [0.1, 0.15) is 6.04 Å². The summed E-state index contributed by atoms with van der Waals surface area (Å²) in [6.45, 7) is 4.33. The van der Waals surface area contributed by atoms with Crippen molar-refractivity contribution in [1.29, 1.82) is 0 Å². The van der Waals surface area contributed by atoms with E-state index < -0.39 is 6.04 Å². The summed E-state index contributed by atoms with van der Waals surface area (Å²) < 4.78 is 6.61. The van der Waals surface area contributed by atoms with Crippen LogP contribution in [0.3, 0.4) is 0 Å². The fraction of sp³-hybridized carbons (Fsp3) is 0.692. The molecule has 0 saturated carbocycles. The lowest BCUT2D eigenvalue weighted by Gasteiger charge is -2.12. The zero-order chi connectivity index (χ0) is 14.3. The Morgan fingerprint density at radius 1 is 1.53 bits per heavy atom. The zero-order valence-corrected chi connectivity index (χ0v) is 12.7. The average molecular weight is 285 g/mol. The van der Waals surface area contributed by atoms with E-state index in [1.807, 2.05) is 16.9 Å². The van der Waals surface area contributed by atoms with E-state index in [4.69, 9.17) is 5.73 Å². The monoisotopic (exact) mass is 285 g/mol. The number of esters is 1. The number of ether oxygens (including phenoxy) is 1. The minimum atomic E-state index is -0.559. The van der Waals surface area contributed by atoms with Crippen molar-refractivity contribution in [1.82, 2.24) is 9.78 Å². The Balaban J connectivity index is 2.40. The number of rotatable bonds is 8. The SMILES string of the molecule is CCC(CC)n1ccc(CSCC(N)C(=O)OC)n1. The van der Waals surface area contributed by atoms with E-state index in [1.165, 1.54) is 7.11 Å². The topological polar surface area (TPSA) is 70.1 Å². The fourth-order valence-electron chi connectivity index (χ4n) is 1.83. The van der Waals surface area contributed by atoms with Gasteiger partial charge in [-0.2, -0.15) is 16.9 Å². The van der Waals surface area contributed by atoms with Crippen LogP contribution in [0.15, 0.2) is 12.3 Å². The summed E-state index contributed by atoms with van der Waals surface area (Å²) in [6, 6.07) is 1.93. The number of carbonyl (C=O) groups excluding carboxylic acids is 1. The second-order valence-corrected chi connectivity index (χ2v) is 5.43. The van der Waals surface area contributed by atoms with Gasteiger partial charge in [-0.3, -0.25) is 9.48 Å². The highest BCUT2D eigenvalue weighted by atomic mass is 32.2. The highest BCUT2D eigenvalue weighted by Crippen LogP contribution is 2.17. The molecule has 1 aromatic rings. The quantitative estimate of drug-likeness (QED) is 0.740. The molecule has 2 N–H and O–H groups in total. The molecule has 0 amide bonds. The van der Waals surface area contributed by atoms with Crippen LogP contribution < -0.4 is 5.73 Å². The summed E-state index contributed by atoms with van der Waals surface area (Å²) >= 11 is 1.60. The van der Waals surface area contributed by atoms with Crippen molar-refractivity contribution < 1.29 is 9.53 Å². The van der Waals surface area contributed by atoms with Crippen LogP contribution in [-0.2, 0) is 15.3 Å². The molecule has 1 unspecified atom stereocenters. The highest BCUT2D eigenvalue weighted by molar-refractivity contribution is 7.98. The molecule has 0 aliphatic rings. The van der Waals surface area contributed by atoms with Gasteiger partial charge in [0, 0.05) is 17.7 Å². The number of carbonyl (C=O) groups is 1. The van der Waals surface area contributed by atoms with Crippen molar-refractivity contribution >= 4 is 17.7 Å². The van der Waals surface area contributed by atoms with Gasteiger partial charge in [-0.1, -0.05) is 13.8 Å². The third kappa shape index (κ3) is 4.87. The molecule has 1 heterocycles. The molecule has 0 aliphatic heterocycles. The Hall–Kier alpha value is -1.01. The van der Waals surface area contributed by atoms with Crippen molar-refractivity contribution in [3.05, 3.63) is 18.0 Å². The van der Waals surface area contributed by atoms with Crippen molar-refractivity contribution in [2.75, 3.05) is 12.9 Å². The van der Waals surface area contributed by atoms with E-state index in [0.29, 0.717) is 11.8 Å². The van der Waals surface area contributed by atoms with E-state index in [-0.39, 0.29) is 5.97 Å². The van der Waals surface area contributed by atoms with Gasteiger partial charge in [0.05, 0.1) is 18.8 Å². The zero-order valence-electron chi connectivity index (χ0n) is 11.8. The summed E-state index contributed by atoms with van der Waals surface area (Å²) in [5.41, 5.74) is 6.69. The summed E-state index contributed by atoms with van der Waals surface area (Å²) in [4.78, 5) is 11.1. The molecule has 1 atom stereocenters. The lowest BCUT2D eigenvalue weighted by atomic mass is 10.2. The van der Waals surface area contributed by atoms with Gasteiger partial charge < -0.3 is 10.5 Å². The van der Waals surface area contributed by atoms with Crippen molar-refractivity contribution in [3.8, 4) is 0 Å². The largest absolute Gasteiger partial charge is 0.468 e. The van der Waals surface area contributed by atoms with Crippen LogP contribution in [0.5, 0.6) is 0 Å². The molecule has 0 fully saturated rings. The fourth-order valence-corrected chi connectivity index (χ4v) is 2.70. The molecule has 5 nitrogen and oxygen atoms in total. The predicted molar refractivity (Wildman–Crippen MR) is 78.0 cm³/mol. The highest BCUT2D eigenvalue weighted by Gasteiger charge is 2.14. The van der Waals surface area contributed by atoms with Gasteiger partial charge in [-0.25, -0.2) is 0 Å². The van der Waals surface area contributed by atoms with Crippen molar-refractivity contribution in [2.24, 2.45) is 5.73 Å². The first-order valence-electron chi connectivity index (χ1n) is 6.57. The normalized spacial score (nSPS) is 12.7. The standard InChI is InChI=1S/C13H23N3O2S/c1-4-11(5-2)16-7-6-10(15-16)8-19-9-12(14)13(17)18-3/h6-7,11-12H,4-5,8-9,14H2,1-3H3. The van der Waals surface area contributed by atoms with Gasteiger partial charge >= 0.3 is 5.97 Å².